The van der Waals surface area contributed by atoms with Crippen LogP contribution in [0.25, 0.3) is 0 Å². The quantitative estimate of drug-likeness (QED) is 0.0253. The van der Waals surface area contributed by atoms with Gasteiger partial charge in [0.25, 0.3) is 0 Å². The van der Waals surface area contributed by atoms with Crippen molar-refractivity contribution in [2.75, 3.05) is 66.2 Å². The van der Waals surface area contributed by atoms with Gasteiger partial charge in [0.15, 0.2) is 0 Å². The van der Waals surface area contributed by atoms with Crippen LogP contribution < -0.4 is 0 Å². The summed E-state index contributed by atoms with van der Waals surface area (Å²) in [5, 5.41) is 0. The van der Waals surface area contributed by atoms with Gasteiger partial charge in [-0.25, -0.2) is 0 Å². The molecule has 1 aliphatic heterocycles. The molecule has 0 radical (unpaired) electrons. The number of ether oxygens (including phenoxy) is 4. The lowest BCUT2D eigenvalue weighted by atomic mass is 9.92. The highest BCUT2D eigenvalue weighted by Crippen LogP contribution is 2.24. The summed E-state index contributed by atoms with van der Waals surface area (Å²) in [6.07, 6.45) is 43.8. The van der Waals surface area contributed by atoms with E-state index < -0.39 is 5.41 Å². The number of carbonyl (C=O) groups is 4. The molecule has 0 aromatic carbocycles. The summed E-state index contributed by atoms with van der Waals surface area (Å²) in [5.74, 6) is -1.47. The van der Waals surface area contributed by atoms with Crippen molar-refractivity contribution in [3.05, 3.63) is 36.5 Å². The average Bonchev–Trinajstić information content (AvgIpc) is 3.31. The van der Waals surface area contributed by atoms with E-state index in [1.165, 1.54) is 38.5 Å². The third-order valence-corrected chi connectivity index (χ3v) is 12.3. The number of rotatable bonds is 44. The fraction of sp³-hybridized carbons (Fsp3) is 0.818. The lowest BCUT2D eigenvalue weighted by Gasteiger charge is -2.33. The average molecular weight is 915 g/mol. The highest BCUT2D eigenvalue weighted by molar-refractivity contribution is 5.71. The number of hydrogen-bond donors (Lipinski definition) is 0. The van der Waals surface area contributed by atoms with Crippen LogP contribution in [0.3, 0.4) is 0 Å². The molecule has 0 aromatic rings. The van der Waals surface area contributed by atoms with Gasteiger partial charge in [0.2, 0.25) is 0 Å². The minimum atomic E-state index is -1.23. The molecule has 1 aliphatic rings. The monoisotopic (exact) mass is 915 g/mol. The summed E-state index contributed by atoms with van der Waals surface area (Å²) in [7, 11) is 2.10. The van der Waals surface area contributed by atoms with E-state index in [0.29, 0.717) is 6.54 Å². The van der Waals surface area contributed by atoms with Gasteiger partial charge < -0.3 is 28.7 Å². The smallest absolute Gasteiger partial charge is 0.307 e. The molecule has 376 valence electrons. The van der Waals surface area contributed by atoms with Gasteiger partial charge >= 0.3 is 23.9 Å². The Kier molecular flexibility index (Phi) is 40.3. The fourth-order valence-electron chi connectivity index (χ4n) is 7.65. The van der Waals surface area contributed by atoms with Crippen LogP contribution in [0.15, 0.2) is 36.5 Å². The van der Waals surface area contributed by atoms with Crippen LogP contribution in [-0.4, -0.2) is 99.9 Å². The molecule has 10 heteroatoms. The van der Waals surface area contributed by atoms with Crippen LogP contribution in [0, 0.1) is 5.41 Å². The van der Waals surface area contributed by atoms with E-state index in [4.69, 9.17) is 18.9 Å². The lowest BCUT2D eigenvalue weighted by molar-refractivity contribution is -0.170. The van der Waals surface area contributed by atoms with E-state index in [0.717, 1.165) is 161 Å². The first-order chi connectivity index (χ1) is 31.7. The van der Waals surface area contributed by atoms with E-state index in [-0.39, 0.29) is 76.0 Å². The molecule has 1 saturated heterocycles. The summed E-state index contributed by atoms with van der Waals surface area (Å²) >= 11 is 0. The third kappa shape index (κ3) is 37.8. The van der Waals surface area contributed by atoms with Crippen molar-refractivity contribution >= 4 is 23.9 Å². The van der Waals surface area contributed by atoms with Gasteiger partial charge in [-0.05, 0) is 84.1 Å². The van der Waals surface area contributed by atoms with Crippen LogP contribution in [0.2, 0.25) is 0 Å². The molecule has 0 N–H and O–H groups in total. The Morgan fingerprint density at radius 3 is 0.985 bits per heavy atom. The zero-order chi connectivity index (χ0) is 47.3. The van der Waals surface area contributed by atoms with Crippen LogP contribution in [0.4, 0.5) is 0 Å². The summed E-state index contributed by atoms with van der Waals surface area (Å²) < 4.78 is 23.5. The Hall–Kier alpha value is -2.98. The van der Waals surface area contributed by atoms with E-state index in [2.05, 4.69) is 74.1 Å². The van der Waals surface area contributed by atoms with Gasteiger partial charge in [-0.3, -0.25) is 19.2 Å². The SMILES string of the molecule is CCCC/C=C\CCCCCCCC(=O)OCC(COC(=O)CCCCCCC/C=C\CCCC)(COC(=O)CCCCCCC/C=C\CCCC)COC(=O)CCN1CCN(C)CC1. The van der Waals surface area contributed by atoms with Gasteiger partial charge in [-0.15, -0.1) is 0 Å². The molecule has 0 amide bonds. The summed E-state index contributed by atoms with van der Waals surface area (Å²) in [6, 6.07) is 0. The molecule has 10 nitrogen and oxygen atoms in total. The second-order valence-corrected chi connectivity index (χ2v) is 18.8. The van der Waals surface area contributed by atoms with Crippen molar-refractivity contribution < 1.29 is 38.1 Å². The molecular formula is C55H98N2O8. The molecular weight excluding hydrogens is 817 g/mol. The van der Waals surface area contributed by atoms with Crippen molar-refractivity contribution in [3.63, 3.8) is 0 Å². The van der Waals surface area contributed by atoms with Crippen LogP contribution >= 0.6 is 0 Å². The molecule has 0 unspecified atom stereocenters. The van der Waals surface area contributed by atoms with Crippen molar-refractivity contribution in [2.45, 2.75) is 220 Å². The molecule has 1 rings (SSSR count). The second kappa shape index (κ2) is 43.6. The van der Waals surface area contributed by atoms with Crippen LogP contribution in [0.5, 0.6) is 0 Å². The molecule has 0 aliphatic carbocycles. The zero-order valence-electron chi connectivity index (χ0n) is 42.4. The van der Waals surface area contributed by atoms with Crippen molar-refractivity contribution in [2.24, 2.45) is 5.41 Å². The van der Waals surface area contributed by atoms with Gasteiger partial charge in [-0.2, -0.15) is 0 Å². The number of allylic oxidation sites excluding steroid dienone is 6. The first-order valence-corrected chi connectivity index (χ1v) is 26.7. The van der Waals surface area contributed by atoms with Crippen LogP contribution in [-0.2, 0) is 38.1 Å². The molecule has 0 aromatic heterocycles. The second-order valence-electron chi connectivity index (χ2n) is 18.8. The standard InChI is InChI=1S/C55H98N2O8/c1-5-8-11-14-17-20-23-26-29-32-35-38-51(58)62-47-55(50-65-54(61)41-42-57-45-43-56(4)44-46-57,48-63-52(59)39-36-33-30-27-24-21-18-15-12-9-6-2)49-64-53(60)40-37-34-31-28-25-22-19-16-13-10-7-3/h14-19H,5-13,20-50H2,1-4H3/b17-14-,18-15-,19-16-. The number of nitrogens with zero attached hydrogens (tertiary/aromatic N) is 2. The maximum absolute atomic E-state index is 13.2. The predicted octanol–water partition coefficient (Wildman–Crippen LogP) is 13.2. The van der Waals surface area contributed by atoms with E-state index in [1.807, 2.05) is 0 Å². The highest BCUT2D eigenvalue weighted by Gasteiger charge is 2.38. The Morgan fingerprint density at radius 1 is 0.385 bits per heavy atom. The highest BCUT2D eigenvalue weighted by atomic mass is 16.6. The lowest BCUT2D eigenvalue weighted by Crippen LogP contribution is -2.45. The Balaban J connectivity index is 2.87. The molecule has 65 heavy (non-hydrogen) atoms. The number of esters is 4. The van der Waals surface area contributed by atoms with E-state index in [1.54, 1.807) is 0 Å². The molecule has 0 atom stereocenters. The normalized spacial score (nSPS) is 13.9. The fourth-order valence-corrected chi connectivity index (χ4v) is 7.65. The van der Waals surface area contributed by atoms with Gasteiger partial charge in [0, 0.05) is 52.0 Å². The minimum absolute atomic E-state index is 0.192. The minimum Gasteiger partial charge on any atom is -0.465 e. The number of piperazine rings is 1. The van der Waals surface area contributed by atoms with E-state index in [9.17, 15) is 19.2 Å². The largest absolute Gasteiger partial charge is 0.465 e. The maximum Gasteiger partial charge on any atom is 0.307 e. The number of unbranched alkanes of at least 4 members (excludes halogenated alkanes) is 21. The van der Waals surface area contributed by atoms with Crippen LogP contribution in [0.1, 0.15) is 220 Å². The molecule has 0 spiro atoms. The molecule has 0 saturated carbocycles. The Bertz CT molecular complexity index is 1140. The molecule has 1 heterocycles. The predicted molar refractivity (Wildman–Crippen MR) is 268 cm³/mol. The number of hydrogen-bond acceptors (Lipinski definition) is 10. The first kappa shape index (κ1) is 60.0. The van der Waals surface area contributed by atoms with Gasteiger partial charge in [0.1, 0.15) is 31.8 Å². The zero-order valence-corrected chi connectivity index (χ0v) is 42.4. The van der Waals surface area contributed by atoms with Gasteiger partial charge in [0.05, 0.1) is 6.42 Å². The molecule has 0 bridgehead atoms. The van der Waals surface area contributed by atoms with Gasteiger partial charge in [-0.1, -0.05) is 154 Å². The third-order valence-electron chi connectivity index (χ3n) is 12.3. The Labute approximate surface area is 398 Å². The van der Waals surface area contributed by atoms with Crippen molar-refractivity contribution in [1.29, 1.82) is 0 Å². The van der Waals surface area contributed by atoms with Crippen molar-refractivity contribution in [1.82, 2.24) is 9.80 Å². The Morgan fingerprint density at radius 2 is 0.662 bits per heavy atom. The maximum atomic E-state index is 13.2. The summed E-state index contributed by atoms with van der Waals surface area (Å²) in [6.45, 7) is 10.1. The topological polar surface area (TPSA) is 112 Å². The molecule has 1 fully saturated rings. The first-order valence-electron chi connectivity index (χ1n) is 26.7. The van der Waals surface area contributed by atoms with Crippen molar-refractivity contribution in [3.8, 4) is 0 Å². The number of likely N-dealkylation sites (N-methyl/N-ethyl adjacent to an activating group) is 1. The summed E-state index contributed by atoms with van der Waals surface area (Å²) in [4.78, 5) is 57.2. The summed E-state index contributed by atoms with van der Waals surface area (Å²) in [5.41, 5.74) is -1.23. The number of carbonyl (C=O) groups excluding carboxylic acids is 4. The van der Waals surface area contributed by atoms with E-state index >= 15 is 0 Å².